The van der Waals surface area contributed by atoms with Crippen LogP contribution >= 0.6 is 0 Å². The number of benzene rings is 1. The monoisotopic (exact) mass is 189 g/mol. The summed E-state index contributed by atoms with van der Waals surface area (Å²) in [6, 6.07) is 6.42. The number of anilines is 1. The van der Waals surface area contributed by atoms with E-state index in [2.05, 4.69) is 26.0 Å². The van der Waals surface area contributed by atoms with Crippen LogP contribution in [0.1, 0.15) is 43.7 Å². The molecule has 0 aromatic heterocycles. The van der Waals surface area contributed by atoms with Crippen molar-refractivity contribution in [2.75, 3.05) is 5.73 Å². The molecular formula is C13H19N. The molecule has 1 aromatic carbocycles. The molecule has 0 bridgehead atoms. The summed E-state index contributed by atoms with van der Waals surface area (Å²) >= 11 is 0. The van der Waals surface area contributed by atoms with Gasteiger partial charge in [-0.1, -0.05) is 26.3 Å². The van der Waals surface area contributed by atoms with Crippen LogP contribution in [0, 0.1) is 5.92 Å². The first kappa shape index (κ1) is 9.57. The highest BCUT2D eigenvalue weighted by Gasteiger charge is 2.25. The first-order chi connectivity index (χ1) is 6.72. The van der Waals surface area contributed by atoms with Crippen molar-refractivity contribution < 1.29 is 0 Å². The molecule has 0 heterocycles. The van der Waals surface area contributed by atoms with E-state index in [4.69, 9.17) is 5.73 Å². The highest BCUT2D eigenvalue weighted by molar-refractivity contribution is 5.48. The number of nitrogens with two attached hydrogens (primary N) is 1. The Bertz CT molecular complexity index is 330. The lowest BCUT2D eigenvalue weighted by molar-refractivity contribution is 0.443. The van der Waals surface area contributed by atoms with E-state index in [1.807, 2.05) is 6.07 Å². The third-order valence-corrected chi connectivity index (χ3v) is 3.62. The van der Waals surface area contributed by atoms with E-state index >= 15 is 0 Å². The molecular weight excluding hydrogens is 170 g/mol. The summed E-state index contributed by atoms with van der Waals surface area (Å²) in [6.45, 7) is 4.64. The maximum atomic E-state index is 5.78. The fraction of sp³-hybridized carbons (Fsp3) is 0.538. The Morgan fingerprint density at radius 2 is 2.29 bits per heavy atom. The number of hydrogen-bond donors (Lipinski definition) is 1. The normalized spacial score (nSPS) is 22.0. The maximum absolute atomic E-state index is 5.78. The smallest absolute Gasteiger partial charge is 0.0316 e. The summed E-state index contributed by atoms with van der Waals surface area (Å²) in [5.41, 5.74) is 9.73. The van der Waals surface area contributed by atoms with Crippen molar-refractivity contribution in [3.8, 4) is 0 Å². The Labute approximate surface area is 86.3 Å². The van der Waals surface area contributed by atoms with Gasteiger partial charge in [-0.3, -0.25) is 0 Å². The number of nitrogen functional groups attached to an aromatic ring is 1. The Balaban J connectivity index is 2.31. The summed E-state index contributed by atoms with van der Waals surface area (Å²) in [5.74, 6) is 1.58. The molecule has 2 rings (SSSR count). The van der Waals surface area contributed by atoms with Crippen LogP contribution in [0.3, 0.4) is 0 Å². The molecule has 0 radical (unpaired) electrons. The molecule has 0 aliphatic heterocycles. The number of hydrogen-bond acceptors (Lipinski definition) is 1. The lowest BCUT2D eigenvalue weighted by Gasteiger charge is -2.18. The van der Waals surface area contributed by atoms with E-state index in [0.717, 1.165) is 17.5 Å². The van der Waals surface area contributed by atoms with Crippen LogP contribution in [0.15, 0.2) is 18.2 Å². The number of fused-ring (bicyclic) bond motifs is 1. The van der Waals surface area contributed by atoms with Crippen LogP contribution in [0.2, 0.25) is 0 Å². The minimum Gasteiger partial charge on any atom is -0.399 e. The van der Waals surface area contributed by atoms with E-state index in [-0.39, 0.29) is 0 Å². The van der Waals surface area contributed by atoms with Gasteiger partial charge in [0, 0.05) is 5.69 Å². The van der Waals surface area contributed by atoms with Crippen LogP contribution < -0.4 is 5.73 Å². The first-order valence-corrected chi connectivity index (χ1v) is 5.60. The molecule has 1 aliphatic carbocycles. The highest BCUT2D eigenvalue weighted by atomic mass is 14.5. The van der Waals surface area contributed by atoms with Gasteiger partial charge in [-0.05, 0) is 47.9 Å². The van der Waals surface area contributed by atoms with Gasteiger partial charge in [-0.15, -0.1) is 0 Å². The van der Waals surface area contributed by atoms with Crippen LogP contribution in [-0.2, 0) is 6.42 Å². The Kier molecular flexibility index (Phi) is 2.49. The van der Waals surface area contributed by atoms with E-state index in [1.165, 1.54) is 24.8 Å². The van der Waals surface area contributed by atoms with E-state index in [1.54, 1.807) is 5.56 Å². The predicted molar refractivity (Wildman–Crippen MR) is 61.4 cm³/mol. The summed E-state index contributed by atoms with van der Waals surface area (Å²) < 4.78 is 0. The Morgan fingerprint density at radius 1 is 1.50 bits per heavy atom. The minimum absolute atomic E-state index is 0.774. The third kappa shape index (κ3) is 1.52. The third-order valence-electron chi connectivity index (χ3n) is 3.62. The SMILES string of the molecule is CCC(C)C1CCc2cc(N)ccc21. The molecule has 2 N–H and O–H groups in total. The van der Waals surface area contributed by atoms with Crippen LogP contribution in [0.5, 0.6) is 0 Å². The second kappa shape index (κ2) is 3.64. The molecule has 1 aromatic rings. The van der Waals surface area contributed by atoms with Gasteiger partial charge >= 0.3 is 0 Å². The Morgan fingerprint density at radius 3 is 3.00 bits per heavy atom. The molecule has 0 saturated carbocycles. The summed E-state index contributed by atoms with van der Waals surface area (Å²) in [4.78, 5) is 0. The fourth-order valence-electron chi connectivity index (χ4n) is 2.55. The van der Waals surface area contributed by atoms with Crippen LogP contribution in [-0.4, -0.2) is 0 Å². The molecule has 0 amide bonds. The van der Waals surface area contributed by atoms with Crippen LogP contribution in [0.4, 0.5) is 5.69 Å². The van der Waals surface area contributed by atoms with Gasteiger partial charge in [-0.25, -0.2) is 0 Å². The van der Waals surface area contributed by atoms with Crippen LogP contribution in [0.25, 0.3) is 0 Å². The molecule has 76 valence electrons. The van der Waals surface area contributed by atoms with Crippen molar-refractivity contribution in [3.63, 3.8) is 0 Å². The molecule has 0 fully saturated rings. The van der Waals surface area contributed by atoms with Gasteiger partial charge in [0.05, 0.1) is 0 Å². The summed E-state index contributed by atoms with van der Waals surface area (Å²) in [7, 11) is 0. The first-order valence-electron chi connectivity index (χ1n) is 5.60. The van der Waals surface area contributed by atoms with Gasteiger partial charge in [0.25, 0.3) is 0 Å². The number of aryl methyl sites for hydroxylation is 1. The van der Waals surface area contributed by atoms with E-state index in [0.29, 0.717) is 0 Å². The van der Waals surface area contributed by atoms with Gasteiger partial charge in [0.15, 0.2) is 0 Å². The van der Waals surface area contributed by atoms with Crippen molar-refractivity contribution in [2.24, 2.45) is 5.92 Å². The summed E-state index contributed by atoms with van der Waals surface area (Å²) in [5, 5.41) is 0. The van der Waals surface area contributed by atoms with Gasteiger partial charge in [0.2, 0.25) is 0 Å². The molecule has 1 aliphatic rings. The van der Waals surface area contributed by atoms with E-state index in [9.17, 15) is 0 Å². The Hall–Kier alpha value is -0.980. The highest BCUT2D eigenvalue weighted by Crippen LogP contribution is 2.39. The average molecular weight is 189 g/mol. The minimum atomic E-state index is 0.774. The van der Waals surface area contributed by atoms with Crippen molar-refractivity contribution in [2.45, 2.75) is 39.0 Å². The van der Waals surface area contributed by atoms with Gasteiger partial charge in [-0.2, -0.15) is 0 Å². The predicted octanol–water partition coefficient (Wildman–Crippen LogP) is 3.34. The molecule has 14 heavy (non-hydrogen) atoms. The molecule has 2 atom stereocenters. The zero-order chi connectivity index (χ0) is 10.1. The molecule has 0 spiro atoms. The van der Waals surface area contributed by atoms with Gasteiger partial charge in [0.1, 0.15) is 0 Å². The fourth-order valence-corrected chi connectivity index (χ4v) is 2.55. The maximum Gasteiger partial charge on any atom is 0.0316 e. The zero-order valence-electron chi connectivity index (χ0n) is 9.09. The average Bonchev–Trinajstić information content (AvgIpc) is 2.59. The second-order valence-corrected chi connectivity index (χ2v) is 4.49. The molecule has 1 nitrogen and oxygen atoms in total. The van der Waals surface area contributed by atoms with Crippen molar-refractivity contribution in [3.05, 3.63) is 29.3 Å². The lowest BCUT2D eigenvalue weighted by atomic mass is 9.87. The molecule has 1 heteroatoms. The van der Waals surface area contributed by atoms with Crippen molar-refractivity contribution in [1.29, 1.82) is 0 Å². The summed E-state index contributed by atoms with van der Waals surface area (Å²) in [6.07, 6.45) is 3.80. The topological polar surface area (TPSA) is 26.0 Å². The standard InChI is InChI=1S/C13H19N/c1-3-9(2)12-6-4-10-8-11(14)5-7-13(10)12/h5,7-9,12H,3-4,6,14H2,1-2H3. The lowest BCUT2D eigenvalue weighted by Crippen LogP contribution is -2.05. The van der Waals surface area contributed by atoms with Crippen molar-refractivity contribution in [1.82, 2.24) is 0 Å². The number of rotatable bonds is 2. The molecule has 2 unspecified atom stereocenters. The zero-order valence-corrected chi connectivity index (χ0v) is 9.09. The van der Waals surface area contributed by atoms with Crippen molar-refractivity contribution >= 4 is 5.69 Å². The quantitative estimate of drug-likeness (QED) is 0.709. The second-order valence-electron chi connectivity index (χ2n) is 4.49. The molecule has 0 saturated heterocycles. The largest absolute Gasteiger partial charge is 0.399 e. The van der Waals surface area contributed by atoms with Gasteiger partial charge < -0.3 is 5.73 Å². The van der Waals surface area contributed by atoms with E-state index < -0.39 is 0 Å².